The number of allylic oxidation sites excluding steroid dienone is 2. The zero-order valence-corrected chi connectivity index (χ0v) is 8.21. The van der Waals surface area contributed by atoms with E-state index >= 15 is 0 Å². The Bertz CT molecular complexity index is 129. The molecule has 0 aromatic heterocycles. The summed E-state index contributed by atoms with van der Waals surface area (Å²) in [7, 11) is 0. The maximum atomic E-state index is 2.28. The SMILES string of the molecule is C.CC(C)=C(C)CC(C)(C)C. The molecular weight excluding hydrogens is 132 g/mol. The van der Waals surface area contributed by atoms with E-state index in [1.54, 1.807) is 0 Å². The van der Waals surface area contributed by atoms with Crippen molar-refractivity contribution in [3.63, 3.8) is 0 Å². The van der Waals surface area contributed by atoms with Crippen LogP contribution in [0.15, 0.2) is 11.1 Å². The summed E-state index contributed by atoms with van der Waals surface area (Å²) in [6, 6.07) is 0. The van der Waals surface area contributed by atoms with Crippen LogP contribution in [-0.2, 0) is 0 Å². The lowest BCUT2D eigenvalue weighted by atomic mass is 9.87. The standard InChI is InChI=1S/C10H20.CH4/c1-8(2)9(3)7-10(4,5)6;/h7H2,1-6H3;1H4. The van der Waals surface area contributed by atoms with Crippen molar-refractivity contribution in [1.29, 1.82) is 0 Å². The quantitative estimate of drug-likeness (QED) is 0.493. The molecule has 0 rings (SSSR count). The minimum Gasteiger partial charge on any atom is -0.0776 e. The average Bonchev–Trinajstić information content (AvgIpc) is 1.60. The molecule has 0 bridgehead atoms. The van der Waals surface area contributed by atoms with Crippen molar-refractivity contribution in [2.75, 3.05) is 0 Å². The van der Waals surface area contributed by atoms with Crippen LogP contribution in [0, 0.1) is 5.41 Å². The van der Waals surface area contributed by atoms with Crippen LogP contribution >= 0.6 is 0 Å². The molecule has 0 saturated carbocycles. The first-order chi connectivity index (χ1) is 4.33. The van der Waals surface area contributed by atoms with Crippen molar-refractivity contribution in [3.05, 3.63) is 11.1 Å². The molecule has 0 amide bonds. The summed E-state index contributed by atoms with van der Waals surface area (Å²) in [6.07, 6.45) is 1.22. The van der Waals surface area contributed by atoms with Gasteiger partial charge in [-0.15, -0.1) is 0 Å². The van der Waals surface area contributed by atoms with Crippen LogP contribution in [0.25, 0.3) is 0 Å². The lowest BCUT2D eigenvalue weighted by Gasteiger charge is -2.19. The number of hydrogen-bond acceptors (Lipinski definition) is 0. The largest absolute Gasteiger partial charge is 0.0776 e. The highest BCUT2D eigenvalue weighted by Gasteiger charge is 2.10. The van der Waals surface area contributed by atoms with Gasteiger partial charge in [-0.2, -0.15) is 0 Å². The van der Waals surface area contributed by atoms with E-state index in [0.717, 1.165) is 0 Å². The van der Waals surface area contributed by atoms with Crippen LogP contribution in [0.2, 0.25) is 0 Å². The fourth-order valence-electron chi connectivity index (χ4n) is 0.972. The van der Waals surface area contributed by atoms with Crippen molar-refractivity contribution in [2.24, 2.45) is 5.41 Å². The highest BCUT2D eigenvalue weighted by molar-refractivity contribution is 5.08. The van der Waals surface area contributed by atoms with Crippen LogP contribution < -0.4 is 0 Å². The molecule has 0 atom stereocenters. The second-order valence-electron chi connectivity index (χ2n) is 4.52. The Morgan fingerprint density at radius 1 is 1.00 bits per heavy atom. The zero-order chi connectivity index (χ0) is 8.36. The topological polar surface area (TPSA) is 0 Å². The Morgan fingerprint density at radius 3 is 1.45 bits per heavy atom. The average molecular weight is 156 g/mol. The molecule has 0 aliphatic carbocycles. The predicted molar refractivity (Wildman–Crippen MR) is 54.9 cm³/mol. The van der Waals surface area contributed by atoms with E-state index in [9.17, 15) is 0 Å². The molecule has 0 saturated heterocycles. The maximum absolute atomic E-state index is 2.28. The Morgan fingerprint density at radius 2 is 1.36 bits per heavy atom. The summed E-state index contributed by atoms with van der Waals surface area (Å²) in [5.74, 6) is 0. The van der Waals surface area contributed by atoms with Crippen molar-refractivity contribution in [1.82, 2.24) is 0 Å². The summed E-state index contributed by atoms with van der Waals surface area (Å²) in [6.45, 7) is 13.4. The second kappa shape index (κ2) is 4.58. The van der Waals surface area contributed by atoms with Gasteiger partial charge in [0.15, 0.2) is 0 Å². The van der Waals surface area contributed by atoms with E-state index in [1.165, 1.54) is 17.6 Å². The lowest BCUT2D eigenvalue weighted by Crippen LogP contribution is -2.05. The first kappa shape index (κ1) is 13.3. The minimum absolute atomic E-state index is 0. The Labute approximate surface area is 72.7 Å². The molecule has 0 aliphatic heterocycles. The van der Waals surface area contributed by atoms with Gasteiger partial charge in [-0.3, -0.25) is 0 Å². The van der Waals surface area contributed by atoms with Gasteiger partial charge in [0.25, 0.3) is 0 Å². The van der Waals surface area contributed by atoms with Crippen molar-refractivity contribution in [2.45, 2.75) is 55.4 Å². The first-order valence-electron chi connectivity index (χ1n) is 3.96. The van der Waals surface area contributed by atoms with E-state index < -0.39 is 0 Å². The van der Waals surface area contributed by atoms with Crippen molar-refractivity contribution < 1.29 is 0 Å². The summed E-state index contributed by atoms with van der Waals surface area (Å²) in [5.41, 5.74) is 3.45. The predicted octanol–water partition coefficient (Wildman–Crippen LogP) is 4.42. The lowest BCUT2D eigenvalue weighted by molar-refractivity contribution is 0.408. The van der Waals surface area contributed by atoms with Gasteiger partial charge in [0.1, 0.15) is 0 Å². The van der Waals surface area contributed by atoms with E-state index in [4.69, 9.17) is 0 Å². The minimum atomic E-state index is 0. The molecule has 0 heterocycles. The van der Waals surface area contributed by atoms with Gasteiger partial charge in [0, 0.05) is 0 Å². The van der Waals surface area contributed by atoms with Crippen molar-refractivity contribution in [3.8, 4) is 0 Å². The number of hydrogen-bond donors (Lipinski definition) is 0. The summed E-state index contributed by atoms with van der Waals surface area (Å²) < 4.78 is 0. The second-order valence-corrected chi connectivity index (χ2v) is 4.52. The van der Waals surface area contributed by atoms with Crippen LogP contribution in [0.3, 0.4) is 0 Å². The van der Waals surface area contributed by atoms with Crippen LogP contribution in [0.5, 0.6) is 0 Å². The van der Waals surface area contributed by atoms with Gasteiger partial charge in [-0.05, 0) is 32.6 Å². The van der Waals surface area contributed by atoms with E-state index in [1.807, 2.05) is 0 Å². The van der Waals surface area contributed by atoms with E-state index in [-0.39, 0.29) is 7.43 Å². The van der Waals surface area contributed by atoms with Gasteiger partial charge in [-0.25, -0.2) is 0 Å². The highest BCUT2D eigenvalue weighted by atomic mass is 14.2. The molecular formula is C11H24. The van der Waals surface area contributed by atoms with Gasteiger partial charge >= 0.3 is 0 Å². The Kier molecular flexibility index (Phi) is 5.56. The molecule has 0 spiro atoms. The first-order valence-corrected chi connectivity index (χ1v) is 3.96. The zero-order valence-electron chi connectivity index (χ0n) is 8.21. The Hall–Kier alpha value is -0.260. The molecule has 0 N–H and O–H groups in total. The molecule has 11 heavy (non-hydrogen) atoms. The van der Waals surface area contributed by atoms with Gasteiger partial charge in [-0.1, -0.05) is 39.3 Å². The molecule has 0 radical (unpaired) electrons. The molecule has 0 unspecified atom stereocenters. The van der Waals surface area contributed by atoms with E-state index in [2.05, 4.69) is 41.5 Å². The molecule has 0 fully saturated rings. The third-order valence-corrected chi connectivity index (χ3v) is 1.65. The third kappa shape index (κ3) is 7.64. The molecule has 0 heteroatoms. The number of rotatable bonds is 1. The summed E-state index contributed by atoms with van der Waals surface area (Å²) in [5, 5.41) is 0. The normalized spacial score (nSPS) is 10.4. The summed E-state index contributed by atoms with van der Waals surface area (Å²) >= 11 is 0. The van der Waals surface area contributed by atoms with Gasteiger partial charge in [0.05, 0.1) is 0 Å². The third-order valence-electron chi connectivity index (χ3n) is 1.65. The smallest absolute Gasteiger partial charge is 0.0272 e. The molecule has 0 nitrogen and oxygen atoms in total. The van der Waals surface area contributed by atoms with Crippen molar-refractivity contribution >= 4 is 0 Å². The van der Waals surface area contributed by atoms with Gasteiger partial charge < -0.3 is 0 Å². The fraction of sp³-hybridized carbons (Fsp3) is 0.818. The maximum Gasteiger partial charge on any atom is -0.0272 e. The van der Waals surface area contributed by atoms with Crippen LogP contribution in [0.4, 0.5) is 0 Å². The molecule has 0 aromatic rings. The highest BCUT2D eigenvalue weighted by Crippen LogP contribution is 2.24. The van der Waals surface area contributed by atoms with E-state index in [0.29, 0.717) is 5.41 Å². The molecule has 68 valence electrons. The fourth-order valence-corrected chi connectivity index (χ4v) is 0.972. The molecule has 0 aromatic carbocycles. The molecule has 0 aliphatic rings. The van der Waals surface area contributed by atoms with Crippen LogP contribution in [0.1, 0.15) is 55.4 Å². The van der Waals surface area contributed by atoms with Crippen LogP contribution in [-0.4, -0.2) is 0 Å². The summed E-state index contributed by atoms with van der Waals surface area (Å²) in [4.78, 5) is 0. The Balaban J connectivity index is 0. The van der Waals surface area contributed by atoms with Gasteiger partial charge in [0.2, 0.25) is 0 Å². The monoisotopic (exact) mass is 156 g/mol.